The highest BCUT2D eigenvalue weighted by atomic mass is 16.6. The predicted molar refractivity (Wildman–Crippen MR) is 64.3 cm³/mol. The minimum absolute atomic E-state index is 0.165. The molecule has 0 aliphatic carbocycles. The molecule has 1 saturated heterocycles. The minimum Gasteiger partial charge on any atom is -0.408 e. The molecule has 1 fully saturated rings. The van der Waals surface area contributed by atoms with Crippen molar-refractivity contribution in [1.82, 2.24) is 4.98 Å². The van der Waals surface area contributed by atoms with E-state index in [4.69, 9.17) is 19.6 Å². The summed E-state index contributed by atoms with van der Waals surface area (Å²) in [4.78, 5) is 13.7. The Morgan fingerprint density at radius 1 is 1.39 bits per heavy atom. The SMILES string of the molecule is NC(c1ccc2[nH]c(=O)oc2c1)C1COCCO1. The number of aromatic nitrogens is 1. The number of benzene rings is 1. The molecule has 3 N–H and O–H groups in total. The van der Waals surface area contributed by atoms with E-state index in [1.54, 1.807) is 12.1 Å². The van der Waals surface area contributed by atoms with E-state index in [0.717, 1.165) is 5.56 Å². The van der Waals surface area contributed by atoms with E-state index in [-0.39, 0.29) is 12.1 Å². The topological polar surface area (TPSA) is 90.5 Å². The quantitative estimate of drug-likeness (QED) is 0.811. The van der Waals surface area contributed by atoms with Crippen LogP contribution in [0.4, 0.5) is 0 Å². The van der Waals surface area contributed by atoms with Crippen LogP contribution < -0.4 is 11.5 Å². The monoisotopic (exact) mass is 250 g/mol. The van der Waals surface area contributed by atoms with Crippen LogP contribution in [0.15, 0.2) is 27.4 Å². The zero-order chi connectivity index (χ0) is 12.5. The third-order valence-electron chi connectivity index (χ3n) is 3.07. The lowest BCUT2D eigenvalue weighted by molar-refractivity contribution is -0.0975. The highest BCUT2D eigenvalue weighted by Gasteiger charge is 2.23. The first-order chi connectivity index (χ1) is 8.74. The second-order valence-corrected chi connectivity index (χ2v) is 4.28. The van der Waals surface area contributed by atoms with Crippen molar-refractivity contribution in [3.8, 4) is 0 Å². The van der Waals surface area contributed by atoms with Crippen LogP contribution in [0.1, 0.15) is 11.6 Å². The first kappa shape index (κ1) is 11.5. The molecule has 0 spiro atoms. The van der Waals surface area contributed by atoms with Crippen molar-refractivity contribution in [3.05, 3.63) is 34.3 Å². The number of fused-ring (bicyclic) bond motifs is 1. The molecule has 2 unspecified atom stereocenters. The average Bonchev–Trinajstić information content (AvgIpc) is 2.78. The van der Waals surface area contributed by atoms with E-state index < -0.39 is 5.76 Å². The zero-order valence-electron chi connectivity index (χ0n) is 9.72. The smallest absolute Gasteiger partial charge is 0.408 e. The van der Waals surface area contributed by atoms with Crippen LogP contribution in [0.3, 0.4) is 0 Å². The number of hydrogen-bond donors (Lipinski definition) is 2. The molecule has 18 heavy (non-hydrogen) atoms. The van der Waals surface area contributed by atoms with Gasteiger partial charge in [0.05, 0.1) is 31.4 Å². The Morgan fingerprint density at radius 3 is 3.06 bits per heavy atom. The number of rotatable bonds is 2. The van der Waals surface area contributed by atoms with Gasteiger partial charge < -0.3 is 19.6 Å². The molecule has 1 aliphatic heterocycles. The summed E-state index contributed by atoms with van der Waals surface area (Å²) in [6.07, 6.45) is -0.165. The lowest BCUT2D eigenvalue weighted by Crippen LogP contribution is -2.37. The molecule has 0 amide bonds. The number of H-pyrrole nitrogens is 1. The second-order valence-electron chi connectivity index (χ2n) is 4.28. The van der Waals surface area contributed by atoms with Gasteiger partial charge in [0, 0.05) is 0 Å². The highest BCUT2D eigenvalue weighted by molar-refractivity contribution is 5.72. The number of nitrogens with two attached hydrogens (primary N) is 1. The molecule has 0 saturated carbocycles. The van der Waals surface area contributed by atoms with Gasteiger partial charge in [-0.15, -0.1) is 0 Å². The molecule has 6 heteroatoms. The van der Waals surface area contributed by atoms with Gasteiger partial charge in [0.1, 0.15) is 6.10 Å². The Balaban J connectivity index is 1.90. The number of hydrogen-bond acceptors (Lipinski definition) is 5. The Kier molecular flexibility index (Phi) is 2.91. The van der Waals surface area contributed by atoms with Gasteiger partial charge in [-0.05, 0) is 17.7 Å². The Labute approximate surface area is 103 Å². The van der Waals surface area contributed by atoms with Crippen molar-refractivity contribution in [2.75, 3.05) is 19.8 Å². The molecule has 2 heterocycles. The summed E-state index contributed by atoms with van der Waals surface area (Å²) in [6.45, 7) is 1.64. The van der Waals surface area contributed by atoms with E-state index in [1.807, 2.05) is 6.07 Å². The third-order valence-corrected chi connectivity index (χ3v) is 3.07. The minimum atomic E-state index is -0.465. The summed E-state index contributed by atoms with van der Waals surface area (Å²) >= 11 is 0. The molecular formula is C12H14N2O4. The number of oxazole rings is 1. The fraction of sp³-hybridized carbons (Fsp3) is 0.417. The van der Waals surface area contributed by atoms with Crippen LogP contribution in [-0.4, -0.2) is 30.9 Å². The summed E-state index contributed by atoms with van der Waals surface area (Å²) in [5.41, 5.74) is 8.16. The van der Waals surface area contributed by atoms with Crippen LogP contribution in [0.25, 0.3) is 11.1 Å². The van der Waals surface area contributed by atoms with Crippen molar-refractivity contribution in [2.45, 2.75) is 12.1 Å². The predicted octanol–water partition coefficient (Wildman–Crippen LogP) is 0.536. The van der Waals surface area contributed by atoms with Crippen LogP contribution in [0, 0.1) is 0 Å². The van der Waals surface area contributed by atoms with Crippen LogP contribution in [0.5, 0.6) is 0 Å². The fourth-order valence-corrected chi connectivity index (χ4v) is 2.10. The van der Waals surface area contributed by atoms with Gasteiger partial charge in [-0.2, -0.15) is 0 Å². The molecule has 1 aliphatic rings. The van der Waals surface area contributed by atoms with Gasteiger partial charge in [-0.1, -0.05) is 6.07 Å². The number of nitrogens with one attached hydrogen (secondary N) is 1. The lowest BCUT2D eigenvalue weighted by atomic mass is 10.0. The lowest BCUT2D eigenvalue weighted by Gasteiger charge is -2.28. The van der Waals surface area contributed by atoms with E-state index >= 15 is 0 Å². The van der Waals surface area contributed by atoms with Gasteiger partial charge in [0.2, 0.25) is 0 Å². The third kappa shape index (κ3) is 2.05. The van der Waals surface area contributed by atoms with Crippen LogP contribution in [0.2, 0.25) is 0 Å². The molecule has 0 radical (unpaired) electrons. The largest absolute Gasteiger partial charge is 0.417 e. The average molecular weight is 250 g/mol. The Morgan fingerprint density at radius 2 is 2.28 bits per heavy atom. The van der Waals surface area contributed by atoms with E-state index in [0.29, 0.717) is 30.9 Å². The summed E-state index contributed by atoms with van der Waals surface area (Å²) in [6, 6.07) is 5.10. The molecule has 1 aromatic heterocycles. The van der Waals surface area contributed by atoms with Gasteiger partial charge >= 0.3 is 5.76 Å². The van der Waals surface area contributed by atoms with E-state index in [1.165, 1.54) is 0 Å². The fourth-order valence-electron chi connectivity index (χ4n) is 2.10. The van der Waals surface area contributed by atoms with Crippen molar-refractivity contribution in [1.29, 1.82) is 0 Å². The first-order valence-electron chi connectivity index (χ1n) is 5.82. The standard InChI is InChI=1S/C12H14N2O4/c13-11(10-6-16-3-4-17-10)7-1-2-8-9(5-7)18-12(15)14-8/h1-2,5,10-11H,3-4,6,13H2,(H,14,15). The van der Waals surface area contributed by atoms with Crippen LogP contribution in [-0.2, 0) is 9.47 Å². The molecule has 96 valence electrons. The number of ether oxygens (including phenoxy) is 2. The normalized spacial score (nSPS) is 22.2. The van der Waals surface area contributed by atoms with Gasteiger partial charge in [-0.3, -0.25) is 4.98 Å². The van der Waals surface area contributed by atoms with Crippen LogP contribution >= 0.6 is 0 Å². The molecule has 2 aromatic rings. The number of aromatic amines is 1. The highest BCUT2D eigenvalue weighted by Crippen LogP contribution is 2.22. The molecule has 0 bridgehead atoms. The maximum Gasteiger partial charge on any atom is 0.417 e. The molecule has 3 rings (SSSR count). The molecule has 1 aromatic carbocycles. The second kappa shape index (κ2) is 4.56. The molecule has 6 nitrogen and oxygen atoms in total. The van der Waals surface area contributed by atoms with Crippen molar-refractivity contribution < 1.29 is 13.9 Å². The maximum absolute atomic E-state index is 11.1. The van der Waals surface area contributed by atoms with Crippen molar-refractivity contribution in [3.63, 3.8) is 0 Å². The van der Waals surface area contributed by atoms with Gasteiger partial charge in [-0.25, -0.2) is 4.79 Å². The molecular weight excluding hydrogens is 236 g/mol. The van der Waals surface area contributed by atoms with Crippen molar-refractivity contribution in [2.24, 2.45) is 5.73 Å². The van der Waals surface area contributed by atoms with Crippen molar-refractivity contribution >= 4 is 11.1 Å². The van der Waals surface area contributed by atoms with E-state index in [2.05, 4.69) is 4.98 Å². The van der Waals surface area contributed by atoms with Gasteiger partial charge in [0.25, 0.3) is 0 Å². The summed E-state index contributed by atoms with van der Waals surface area (Å²) in [5.74, 6) is -0.465. The summed E-state index contributed by atoms with van der Waals surface area (Å²) in [5, 5.41) is 0. The van der Waals surface area contributed by atoms with Gasteiger partial charge in [0.15, 0.2) is 5.58 Å². The molecule has 2 atom stereocenters. The van der Waals surface area contributed by atoms with E-state index in [9.17, 15) is 4.79 Å². The maximum atomic E-state index is 11.1. The zero-order valence-corrected chi connectivity index (χ0v) is 9.72. The Hall–Kier alpha value is -1.63. The summed E-state index contributed by atoms with van der Waals surface area (Å²) in [7, 11) is 0. The first-order valence-corrected chi connectivity index (χ1v) is 5.82. The summed E-state index contributed by atoms with van der Waals surface area (Å²) < 4.78 is 15.9. The Bertz CT molecular complexity index is 597.